The summed E-state index contributed by atoms with van der Waals surface area (Å²) < 4.78 is 49.4. The van der Waals surface area contributed by atoms with E-state index in [0.29, 0.717) is 29.3 Å². The van der Waals surface area contributed by atoms with Crippen LogP contribution in [0.5, 0.6) is 5.75 Å². The first-order valence-electron chi connectivity index (χ1n) is 10.1. The number of nitrogens with zero attached hydrogens (tertiary/aromatic N) is 4. The van der Waals surface area contributed by atoms with Gasteiger partial charge >= 0.3 is 6.18 Å². The van der Waals surface area contributed by atoms with Crippen LogP contribution >= 0.6 is 20.3 Å². The molecule has 2 N–H and O–H groups in total. The van der Waals surface area contributed by atoms with Crippen LogP contribution in [-0.4, -0.2) is 51.4 Å². The summed E-state index contributed by atoms with van der Waals surface area (Å²) in [5.74, 6) is 0.903. The number of alkyl halides is 3. The highest BCUT2D eigenvalue weighted by Gasteiger charge is 2.26. The minimum Gasteiger partial charge on any atom is -0.494 e. The second-order valence-corrected chi connectivity index (χ2v) is 9.08. The average Bonchev–Trinajstić information content (AvgIpc) is 3.13. The lowest BCUT2D eigenvalue weighted by molar-refractivity contribution is -0.106. The van der Waals surface area contributed by atoms with Crippen LogP contribution in [0.15, 0.2) is 40.5 Å². The first-order chi connectivity index (χ1) is 15.4. The highest BCUT2D eigenvalue weighted by atomic mass is 32.2. The quantitative estimate of drug-likeness (QED) is 0.220. The molecule has 0 fully saturated rings. The number of aromatic nitrogens is 4. The first-order valence-corrected chi connectivity index (χ1v) is 12.3. The lowest BCUT2D eigenvalue weighted by Crippen LogP contribution is -2.11. The fourth-order valence-corrected chi connectivity index (χ4v) is 4.34. The molecule has 1 atom stereocenters. The number of unbranched alkanes of at least 4 members (excludes halogenated alkanes) is 1. The molecule has 174 valence electrons. The maximum Gasteiger partial charge on any atom is 0.392 e. The molecule has 0 amide bonds. The van der Waals surface area contributed by atoms with Gasteiger partial charge in [-0.05, 0) is 24.6 Å². The number of nitrogens with two attached hydrogens (primary N) is 1. The molecule has 0 spiro atoms. The molecule has 2 heterocycles. The molecule has 1 aromatic carbocycles. The van der Waals surface area contributed by atoms with Gasteiger partial charge in [-0.25, -0.2) is 9.97 Å². The zero-order chi connectivity index (χ0) is 23.0. The third-order valence-electron chi connectivity index (χ3n) is 4.24. The molecule has 2 aromatic heterocycles. The summed E-state index contributed by atoms with van der Waals surface area (Å²) in [7, 11) is -0.313. The monoisotopic (exact) mass is 487 g/mol. The molecule has 3 aromatic rings. The molecule has 0 saturated heterocycles. The number of ether oxygens (including phenoxy) is 2. The van der Waals surface area contributed by atoms with Gasteiger partial charge in [-0.1, -0.05) is 39.8 Å². The Bertz CT molecular complexity index is 1020. The summed E-state index contributed by atoms with van der Waals surface area (Å²) >= 11 is 1.41. The van der Waals surface area contributed by atoms with Gasteiger partial charge in [0.25, 0.3) is 0 Å². The van der Waals surface area contributed by atoms with Crippen molar-refractivity contribution in [1.82, 2.24) is 19.5 Å². The van der Waals surface area contributed by atoms with Crippen LogP contribution in [0.3, 0.4) is 0 Å². The minimum absolute atomic E-state index is 0.0705. The van der Waals surface area contributed by atoms with Crippen molar-refractivity contribution in [2.75, 3.05) is 31.5 Å². The van der Waals surface area contributed by atoms with Crippen molar-refractivity contribution < 1.29 is 22.6 Å². The van der Waals surface area contributed by atoms with Gasteiger partial charge in [0.2, 0.25) is 5.95 Å². The number of imidazole rings is 1. The van der Waals surface area contributed by atoms with Gasteiger partial charge in [0, 0.05) is 11.4 Å². The number of rotatable bonds is 12. The lowest BCUT2D eigenvalue weighted by Gasteiger charge is -2.09. The van der Waals surface area contributed by atoms with Gasteiger partial charge in [-0.3, -0.25) is 0 Å². The van der Waals surface area contributed by atoms with E-state index >= 15 is 0 Å². The van der Waals surface area contributed by atoms with E-state index in [0.717, 1.165) is 23.5 Å². The Balaban J connectivity index is 1.64. The normalized spacial score (nSPS) is 12.2. The van der Waals surface area contributed by atoms with Crippen molar-refractivity contribution in [3.8, 4) is 5.75 Å². The van der Waals surface area contributed by atoms with E-state index in [1.165, 1.54) is 11.8 Å². The standard InChI is InChI=1S/C20H25F3N5O2PS/c1-2-3-8-30-14-5-4-6-15(10-14)32-18-16-17(26-19(24)27-18)28(12-25-16)7-9-29-13-31-11-20(21,22)23/h4-6,10,12,31H,2-3,7-9,11,13H2,1H3,(H2,24,26,27). The van der Waals surface area contributed by atoms with Crippen molar-refractivity contribution in [2.45, 2.75) is 42.4 Å². The molecule has 0 radical (unpaired) electrons. The van der Waals surface area contributed by atoms with Gasteiger partial charge in [0.1, 0.15) is 16.3 Å². The average molecular weight is 487 g/mol. The highest BCUT2D eigenvalue weighted by Crippen LogP contribution is 2.33. The van der Waals surface area contributed by atoms with E-state index in [1.54, 1.807) is 10.9 Å². The highest BCUT2D eigenvalue weighted by molar-refractivity contribution is 7.99. The zero-order valence-electron chi connectivity index (χ0n) is 17.6. The topological polar surface area (TPSA) is 88.1 Å². The number of hydrogen-bond acceptors (Lipinski definition) is 7. The molecule has 12 heteroatoms. The van der Waals surface area contributed by atoms with E-state index in [9.17, 15) is 13.2 Å². The van der Waals surface area contributed by atoms with Crippen LogP contribution in [0.2, 0.25) is 0 Å². The Hall–Kier alpha value is -2.10. The van der Waals surface area contributed by atoms with Crippen LogP contribution in [0, 0.1) is 0 Å². The van der Waals surface area contributed by atoms with Crippen LogP contribution in [0.25, 0.3) is 11.2 Å². The summed E-state index contributed by atoms with van der Waals surface area (Å²) in [5.41, 5.74) is 7.06. The summed E-state index contributed by atoms with van der Waals surface area (Å²) in [5, 5.41) is 0.615. The van der Waals surface area contributed by atoms with E-state index in [2.05, 4.69) is 21.9 Å². The first kappa shape index (κ1) is 24.5. The Morgan fingerprint density at radius 3 is 2.84 bits per heavy atom. The molecule has 1 unspecified atom stereocenters. The number of halogens is 3. The van der Waals surface area contributed by atoms with Gasteiger partial charge in [-0.2, -0.15) is 18.2 Å². The van der Waals surface area contributed by atoms with E-state index in [1.807, 2.05) is 24.3 Å². The van der Waals surface area contributed by atoms with Crippen molar-refractivity contribution in [2.24, 2.45) is 0 Å². The zero-order valence-corrected chi connectivity index (χ0v) is 19.4. The number of hydrogen-bond donors (Lipinski definition) is 1. The molecule has 32 heavy (non-hydrogen) atoms. The Labute approximate surface area is 190 Å². The third-order valence-corrected chi connectivity index (χ3v) is 6.27. The third kappa shape index (κ3) is 7.50. The summed E-state index contributed by atoms with van der Waals surface area (Å²) in [6.07, 6.45) is -1.24. The van der Waals surface area contributed by atoms with Crippen molar-refractivity contribution in [1.29, 1.82) is 0 Å². The summed E-state index contributed by atoms with van der Waals surface area (Å²) in [4.78, 5) is 14.0. The van der Waals surface area contributed by atoms with Gasteiger partial charge in [-0.15, -0.1) is 0 Å². The van der Waals surface area contributed by atoms with Crippen LogP contribution in [-0.2, 0) is 11.3 Å². The predicted octanol–water partition coefficient (Wildman–Crippen LogP) is 4.95. The van der Waals surface area contributed by atoms with E-state index in [-0.39, 0.29) is 27.5 Å². The maximum atomic E-state index is 12.2. The summed E-state index contributed by atoms with van der Waals surface area (Å²) in [6.45, 7) is 3.42. The lowest BCUT2D eigenvalue weighted by atomic mass is 10.3. The molecule has 0 aliphatic heterocycles. The predicted molar refractivity (Wildman–Crippen MR) is 121 cm³/mol. The maximum absolute atomic E-state index is 12.2. The van der Waals surface area contributed by atoms with E-state index in [4.69, 9.17) is 15.2 Å². The van der Waals surface area contributed by atoms with Crippen molar-refractivity contribution >= 4 is 37.5 Å². The smallest absolute Gasteiger partial charge is 0.392 e. The minimum atomic E-state index is -4.15. The number of benzene rings is 1. The van der Waals surface area contributed by atoms with Crippen molar-refractivity contribution in [3.63, 3.8) is 0 Å². The molecule has 0 aliphatic rings. The number of anilines is 1. The second-order valence-electron chi connectivity index (χ2n) is 6.87. The fraction of sp³-hybridized carbons (Fsp3) is 0.450. The van der Waals surface area contributed by atoms with E-state index < -0.39 is 12.3 Å². The number of fused-ring (bicyclic) bond motifs is 1. The molecule has 0 aliphatic carbocycles. The molecular formula is C20H25F3N5O2PS. The Morgan fingerprint density at radius 1 is 1.22 bits per heavy atom. The van der Waals surface area contributed by atoms with Gasteiger partial charge < -0.3 is 19.8 Å². The number of nitrogen functional groups attached to an aromatic ring is 1. The van der Waals surface area contributed by atoms with Gasteiger partial charge in [0.15, 0.2) is 5.65 Å². The van der Waals surface area contributed by atoms with Gasteiger partial charge in [0.05, 0.1) is 32.1 Å². The fourth-order valence-electron chi connectivity index (χ4n) is 2.74. The van der Waals surface area contributed by atoms with Crippen LogP contribution < -0.4 is 10.5 Å². The second kappa shape index (κ2) is 11.7. The largest absolute Gasteiger partial charge is 0.494 e. The Kier molecular flexibility index (Phi) is 8.95. The molecular weight excluding hydrogens is 462 g/mol. The van der Waals surface area contributed by atoms with Crippen molar-refractivity contribution in [3.05, 3.63) is 30.6 Å². The SMILES string of the molecule is CCCCOc1cccc(Sc2nc(N)nc3c2ncn3CCOCPCC(F)(F)F)c1. The van der Waals surface area contributed by atoms with Crippen LogP contribution in [0.4, 0.5) is 19.1 Å². The Morgan fingerprint density at radius 2 is 2.06 bits per heavy atom. The molecule has 3 rings (SSSR count). The van der Waals surface area contributed by atoms with Crippen LogP contribution in [0.1, 0.15) is 19.8 Å². The molecule has 7 nitrogen and oxygen atoms in total. The summed E-state index contributed by atoms with van der Waals surface area (Å²) in [6, 6.07) is 7.72. The molecule has 0 saturated carbocycles. The molecule has 0 bridgehead atoms.